The van der Waals surface area contributed by atoms with Gasteiger partial charge in [-0.15, -0.1) is 17.9 Å². The molecule has 2 saturated carbocycles. The highest BCUT2D eigenvalue weighted by Gasteiger charge is 2.61. The monoisotopic (exact) mass is 786 g/mol. The Morgan fingerprint density at radius 2 is 1.86 bits per heavy atom. The predicted octanol–water partition coefficient (Wildman–Crippen LogP) is 5.28. The number of hydrogen-bond acceptors (Lipinski definition) is 12. The lowest BCUT2D eigenvalue weighted by Gasteiger charge is -2.35. The topological polar surface area (TPSA) is 197 Å². The molecular formula is C40H50N8O7S. The van der Waals surface area contributed by atoms with Gasteiger partial charge in [-0.3, -0.25) is 19.7 Å². The predicted molar refractivity (Wildman–Crippen MR) is 211 cm³/mol. The molecule has 3 aliphatic rings. The minimum Gasteiger partial charge on any atom is -0.497 e. The van der Waals surface area contributed by atoms with Gasteiger partial charge in [0.2, 0.25) is 11.8 Å². The van der Waals surface area contributed by atoms with Crippen LogP contribution in [0.15, 0.2) is 42.3 Å². The van der Waals surface area contributed by atoms with Gasteiger partial charge in [0.15, 0.2) is 11.3 Å². The Kier molecular flexibility index (Phi) is 11.7. The van der Waals surface area contributed by atoms with E-state index in [0.717, 1.165) is 30.8 Å². The Hall–Kier alpha value is -5.43. The van der Waals surface area contributed by atoms with Crippen LogP contribution in [0.1, 0.15) is 73.1 Å². The lowest BCUT2D eigenvalue weighted by atomic mass is 9.85. The number of nitrogens with one attached hydrogen (secondary N) is 4. The van der Waals surface area contributed by atoms with Crippen LogP contribution in [0.4, 0.5) is 9.93 Å². The van der Waals surface area contributed by atoms with Crippen molar-refractivity contribution in [3.63, 3.8) is 0 Å². The Balaban J connectivity index is 1.33. The van der Waals surface area contributed by atoms with Crippen molar-refractivity contribution in [1.29, 1.82) is 5.26 Å². The van der Waals surface area contributed by atoms with Gasteiger partial charge in [0.1, 0.15) is 47.0 Å². The number of nitriles is 1. The first-order chi connectivity index (χ1) is 26.6. The molecule has 0 spiro atoms. The van der Waals surface area contributed by atoms with Gasteiger partial charge < -0.3 is 35.1 Å². The quantitative estimate of drug-likeness (QED) is 0.100. The molecule has 6 rings (SSSR count). The molecule has 1 unspecified atom stereocenters. The van der Waals surface area contributed by atoms with Gasteiger partial charge in [-0.05, 0) is 63.5 Å². The number of carbonyl (C=O) groups is 4. The molecule has 56 heavy (non-hydrogen) atoms. The number of aromatic nitrogens is 2. The average Bonchev–Trinajstić information content (AvgIpc) is 3.56. The summed E-state index contributed by atoms with van der Waals surface area (Å²) in [6, 6.07) is 5.25. The summed E-state index contributed by atoms with van der Waals surface area (Å²) in [6.07, 6.45) is 5.35. The SMILES string of the molecule is C=CC1C[C@]1(NC(=O)[C@@H]1C[C@@H](Oc2cc(-c3csc(NC(C)C)n3)nc3cc(OC)ccc23)CN1C(=O)[C@H](NC(=O)OC1CCCC1)C(C)(C)C)C(=O)NC#N. The number of methoxy groups -OCH3 is 1. The number of alkyl carbamates (subject to hydrolysis) is 1. The Morgan fingerprint density at radius 3 is 2.50 bits per heavy atom. The molecule has 1 saturated heterocycles. The van der Waals surface area contributed by atoms with E-state index in [1.165, 1.54) is 16.2 Å². The molecule has 16 heteroatoms. The molecule has 3 aromatic rings. The highest BCUT2D eigenvalue weighted by atomic mass is 32.1. The molecule has 4 N–H and O–H groups in total. The lowest BCUT2D eigenvalue weighted by Crippen LogP contribution is -2.59. The zero-order valence-electron chi connectivity index (χ0n) is 32.6. The summed E-state index contributed by atoms with van der Waals surface area (Å²) < 4.78 is 17.9. The third kappa shape index (κ3) is 8.67. The normalized spacial score (nSPS) is 22.5. The number of hydrogen-bond donors (Lipinski definition) is 4. The number of rotatable bonds is 13. The summed E-state index contributed by atoms with van der Waals surface area (Å²) in [7, 11) is 1.57. The number of benzene rings is 1. The van der Waals surface area contributed by atoms with Crippen LogP contribution >= 0.6 is 11.3 Å². The van der Waals surface area contributed by atoms with Crippen molar-refractivity contribution in [3.05, 3.63) is 42.3 Å². The zero-order valence-corrected chi connectivity index (χ0v) is 33.5. The number of amides is 4. The first-order valence-corrected chi connectivity index (χ1v) is 19.8. The molecule has 15 nitrogen and oxygen atoms in total. The molecule has 3 heterocycles. The van der Waals surface area contributed by atoms with E-state index in [0.29, 0.717) is 33.8 Å². The molecule has 0 bridgehead atoms. The van der Waals surface area contributed by atoms with Crippen molar-refractivity contribution in [2.24, 2.45) is 11.3 Å². The Morgan fingerprint density at radius 1 is 1.11 bits per heavy atom. The number of pyridine rings is 1. The number of ether oxygens (including phenoxy) is 3. The molecule has 298 valence electrons. The van der Waals surface area contributed by atoms with Gasteiger partial charge >= 0.3 is 6.09 Å². The van der Waals surface area contributed by atoms with Gasteiger partial charge in [0, 0.05) is 41.3 Å². The number of anilines is 1. The minimum absolute atomic E-state index is 0.0143. The van der Waals surface area contributed by atoms with Crippen molar-refractivity contribution < 1.29 is 33.4 Å². The molecule has 5 atom stereocenters. The molecule has 4 amide bonds. The molecule has 2 aromatic heterocycles. The summed E-state index contributed by atoms with van der Waals surface area (Å²) in [5, 5.41) is 23.6. The van der Waals surface area contributed by atoms with E-state index in [-0.39, 0.29) is 31.5 Å². The number of nitrogens with zero attached hydrogens (tertiary/aromatic N) is 4. The van der Waals surface area contributed by atoms with E-state index in [9.17, 15) is 24.4 Å². The third-order valence-corrected chi connectivity index (χ3v) is 11.2. The second-order valence-electron chi connectivity index (χ2n) is 16.0. The van der Waals surface area contributed by atoms with E-state index >= 15 is 0 Å². The van der Waals surface area contributed by atoms with Crippen molar-refractivity contribution in [1.82, 2.24) is 30.8 Å². The number of carbonyl (C=O) groups excluding carboxylic acids is 4. The van der Waals surface area contributed by atoms with Crippen LogP contribution in [0.2, 0.25) is 0 Å². The Labute approximate surface area is 330 Å². The largest absolute Gasteiger partial charge is 0.497 e. The van der Waals surface area contributed by atoms with Gasteiger partial charge in [0.05, 0.1) is 24.9 Å². The fourth-order valence-electron chi connectivity index (χ4n) is 7.41. The van der Waals surface area contributed by atoms with Crippen molar-refractivity contribution in [2.75, 3.05) is 19.0 Å². The Bertz CT molecular complexity index is 2030. The number of fused-ring (bicyclic) bond motifs is 1. The molecule has 2 aliphatic carbocycles. The zero-order chi connectivity index (χ0) is 40.4. The van der Waals surface area contributed by atoms with E-state index in [1.807, 2.05) is 46.1 Å². The minimum atomic E-state index is -1.39. The van der Waals surface area contributed by atoms with Crippen LogP contribution in [0.3, 0.4) is 0 Å². The second-order valence-corrected chi connectivity index (χ2v) is 16.9. The van der Waals surface area contributed by atoms with Gasteiger partial charge in [-0.1, -0.05) is 26.8 Å². The number of thiazole rings is 1. The maximum Gasteiger partial charge on any atom is 0.408 e. The van der Waals surface area contributed by atoms with Crippen molar-refractivity contribution in [3.8, 4) is 29.1 Å². The molecule has 1 aliphatic heterocycles. The van der Waals surface area contributed by atoms with Crippen LogP contribution in [-0.4, -0.2) is 88.2 Å². The lowest BCUT2D eigenvalue weighted by molar-refractivity contribution is -0.143. The van der Waals surface area contributed by atoms with Crippen LogP contribution in [0.5, 0.6) is 11.5 Å². The standard InChI is InChI=1S/C40H50N8O7S/c1-8-23-18-40(23,36(51)42-21-41)47-34(49)31-16-26(19-48(31)35(50)33(39(4,5)6)46-38(52)55-24-11-9-10-12-24)54-32-17-29(30-20-56-37(45-30)43-22(2)3)44-28-15-25(53-7)13-14-27(28)32/h8,13-15,17,20,22-24,26,31,33H,1,9-12,16,18-19H2,2-7H3,(H,42,51)(H,43,45)(H,46,52)(H,47,49)/t23?,26-,31+,33+,40-/m1/s1. The van der Waals surface area contributed by atoms with Crippen molar-refractivity contribution >= 4 is 51.2 Å². The summed E-state index contributed by atoms with van der Waals surface area (Å²) in [5.74, 6) is -1.11. The van der Waals surface area contributed by atoms with E-state index < -0.39 is 58.9 Å². The van der Waals surface area contributed by atoms with E-state index in [4.69, 9.17) is 24.2 Å². The van der Waals surface area contributed by atoms with E-state index in [1.54, 1.807) is 37.6 Å². The second kappa shape index (κ2) is 16.4. The maximum absolute atomic E-state index is 14.7. The van der Waals surface area contributed by atoms with Gasteiger partial charge in [0.25, 0.3) is 5.91 Å². The highest BCUT2D eigenvalue weighted by molar-refractivity contribution is 7.14. The third-order valence-electron chi connectivity index (χ3n) is 10.5. The van der Waals surface area contributed by atoms with Crippen molar-refractivity contribution in [2.45, 2.75) is 109 Å². The smallest absolute Gasteiger partial charge is 0.408 e. The summed E-state index contributed by atoms with van der Waals surface area (Å²) >= 11 is 1.46. The summed E-state index contributed by atoms with van der Waals surface area (Å²) in [4.78, 5) is 66.2. The fraction of sp³-hybridized carbons (Fsp3) is 0.525. The molecular weight excluding hydrogens is 737 g/mol. The first kappa shape index (κ1) is 40.2. The summed E-state index contributed by atoms with van der Waals surface area (Å²) in [5.41, 5.74) is -0.381. The van der Waals surface area contributed by atoms with E-state index in [2.05, 4.69) is 27.8 Å². The highest BCUT2D eigenvalue weighted by Crippen LogP contribution is 2.45. The van der Waals surface area contributed by atoms with Gasteiger partial charge in [-0.2, -0.15) is 5.26 Å². The van der Waals surface area contributed by atoms with Crippen LogP contribution in [0.25, 0.3) is 22.3 Å². The molecule has 1 aromatic carbocycles. The first-order valence-electron chi connectivity index (χ1n) is 18.9. The fourth-order valence-corrected chi connectivity index (χ4v) is 8.27. The maximum atomic E-state index is 14.7. The van der Waals surface area contributed by atoms with Gasteiger partial charge in [-0.25, -0.2) is 14.8 Å². The summed E-state index contributed by atoms with van der Waals surface area (Å²) in [6.45, 7) is 13.3. The molecule has 3 fully saturated rings. The van der Waals surface area contributed by atoms with Crippen LogP contribution < -0.4 is 30.7 Å². The number of likely N-dealkylation sites (tertiary alicyclic amines) is 1. The van der Waals surface area contributed by atoms with Crippen LogP contribution in [-0.2, 0) is 19.1 Å². The molecule has 0 radical (unpaired) electrons. The average molecular weight is 787 g/mol. The van der Waals surface area contributed by atoms with Crippen LogP contribution in [0, 0.1) is 22.8 Å².